The monoisotopic (exact) mass is 308 g/mol. The Bertz CT molecular complexity index is 577. The first-order chi connectivity index (χ1) is 10.0. The van der Waals surface area contributed by atoms with Crippen LogP contribution in [-0.2, 0) is 9.59 Å². The zero-order valence-corrected chi connectivity index (χ0v) is 12.6. The predicted molar refractivity (Wildman–Crippen MR) is 80.5 cm³/mol. The second-order valence-corrected chi connectivity index (χ2v) is 5.97. The molecule has 0 saturated carbocycles. The molecule has 112 valence electrons. The molecule has 2 rings (SSSR count). The number of hydrogen-bond acceptors (Lipinski definition) is 3. The molecule has 0 radical (unpaired) electrons. The summed E-state index contributed by atoms with van der Waals surface area (Å²) in [7, 11) is 1.54. The van der Waals surface area contributed by atoms with Crippen molar-refractivity contribution in [3.05, 3.63) is 42.2 Å². The Morgan fingerprint density at radius 2 is 2.33 bits per heavy atom. The summed E-state index contributed by atoms with van der Waals surface area (Å²) in [5.74, 6) is -0.0181. The second kappa shape index (κ2) is 6.76. The van der Waals surface area contributed by atoms with E-state index in [9.17, 15) is 14.0 Å². The van der Waals surface area contributed by atoms with Crippen molar-refractivity contribution < 1.29 is 14.0 Å². The van der Waals surface area contributed by atoms with Gasteiger partial charge in [-0.2, -0.15) is 0 Å². The summed E-state index contributed by atoms with van der Waals surface area (Å²) in [6.07, 6.45) is 1.90. The summed E-state index contributed by atoms with van der Waals surface area (Å²) in [5, 5.41) is 2.87. The quantitative estimate of drug-likeness (QED) is 0.867. The van der Waals surface area contributed by atoms with E-state index in [1.54, 1.807) is 17.8 Å². The molecule has 4 nitrogen and oxygen atoms in total. The van der Waals surface area contributed by atoms with Crippen LogP contribution in [0.5, 0.6) is 0 Å². The normalized spacial score (nSPS) is 16.8. The number of carbonyl (C=O) groups is 2. The average Bonchev–Trinajstić information content (AvgIpc) is 2.46. The molecular weight excluding hydrogens is 291 g/mol. The number of halogens is 1. The molecule has 0 aromatic heterocycles. The molecule has 1 aliphatic rings. The number of nitrogens with one attached hydrogen (secondary N) is 1. The standard InChI is InChI=1S/C15H17FN2O2S/c1-3-15(20)18(2)9-14(19)17-12-6-7-21-13-5-4-10(16)8-11(12)13/h3-5,8,12H,1,6-7,9H2,2H3,(H,17,19). The van der Waals surface area contributed by atoms with Gasteiger partial charge in [0, 0.05) is 17.7 Å². The van der Waals surface area contributed by atoms with E-state index in [1.807, 2.05) is 0 Å². The Morgan fingerprint density at radius 3 is 3.05 bits per heavy atom. The van der Waals surface area contributed by atoms with Crippen LogP contribution in [0.15, 0.2) is 35.7 Å². The first kappa shape index (κ1) is 15.6. The largest absolute Gasteiger partial charge is 0.348 e. The Balaban J connectivity index is 2.04. The van der Waals surface area contributed by atoms with Gasteiger partial charge in [0.05, 0.1) is 12.6 Å². The fourth-order valence-electron chi connectivity index (χ4n) is 2.20. The highest BCUT2D eigenvalue weighted by Crippen LogP contribution is 2.36. The molecule has 0 fully saturated rings. The number of fused-ring (bicyclic) bond motifs is 1. The lowest BCUT2D eigenvalue weighted by atomic mass is 10.0. The lowest BCUT2D eigenvalue weighted by Crippen LogP contribution is -2.40. The van der Waals surface area contributed by atoms with Crippen LogP contribution in [0.25, 0.3) is 0 Å². The SMILES string of the molecule is C=CC(=O)N(C)CC(=O)NC1CCSc2ccc(F)cc21. The van der Waals surface area contributed by atoms with Crippen molar-refractivity contribution in [2.45, 2.75) is 17.4 Å². The lowest BCUT2D eigenvalue weighted by Gasteiger charge is -2.26. The van der Waals surface area contributed by atoms with E-state index in [2.05, 4.69) is 11.9 Å². The maximum absolute atomic E-state index is 13.4. The smallest absolute Gasteiger partial charge is 0.246 e. The van der Waals surface area contributed by atoms with Gasteiger partial charge in [0.1, 0.15) is 5.82 Å². The van der Waals surface area contributed by atoms with Crippen molar-refractivity contribution in [2.24, 2.45) is 0 Å². The first-order valence-corrected chi connectivity index (χ1v) is 7.59. The van der Waals surface area contributed by atoms with E-state index in [0.29, 0.717) is 0 Å². The number of rotatable bonds is 4. The van der Waals surface area contributed by atoms with E-state index in [4.69, 9.17) is 0 Å². The lowest BCUT2D eigenvalue weighted by molar-refractivity contribution is -0.131. The van der Waals surface area contributed by atoms with Crippen LogP contribution in [0.4, 0.5) is 4.39 Å². The van der Waals surface area contributed by atoms with Crippen LogP contribution in [0.2, 0.25) is 0 Å². The van der Waals surface area contributed by atoms with Crippen LogP contribution < -0.4 is 5.32 Å². The van der Waals surface area contributed by atoms with Gasteiger partial charge in [-0.05, 0) is 36.3 Å². The minimum absolute atomic E-state index is 0.0425. The maximum Gasteiger partial charge on any atom is 0.246 e. The highest BCUT2D eigenvalue weighted by Gasteiger charge is 2.23. The molecular formula is C15H17FN2O2S. The van der Waals surface area contributed by atoms with Gasteiger partial charge in [-0.25, -0.2) is 4.39 Å². The molecule has 21 heavy (non-hydrogen) atoms. The molecule has 2 amide bonds. The second-order valence-electron chi connectivity index (χ2n) is 4.84. The highest BCUT2D eigenvalue weighted by molar-refractivity contribution is 7.99. The van der Waals surface area contributed by atoms with Gasteiger partial charge in [0.2, 0.25) is 11.8 Å². The molecule has 0 bridgehead atoms. The minimum Gasteiger partial charge on any atom is -0.348 e. The topological polar surface area (TPSA) is 49.4 Å². The Morgan fingerprint density at radius 1 is 1.57 bits per heavy atom. The summed E-state index contributed by atoms with van der Waals surface area (Å²) in [6, 6.07) is 4.41. The number of likely N-dealkylation sites (N-methyl/N-ethyl adjacent to an activating group) is 1. The third-order valence-electron chi connectivity index (χ3n) is 3.28. The Hall–Kier alpha value is -1.82. The summed E-state index contributed by atoms with van der Waals surface area (Å²) >= 11 is 1.65. The van der Waals surface area contributed by atoms with Gasteiger partial charge >= 0.3 is 0 Å². The van der Waals surface area contributed by atoms with Crippen molar-refractivity contribution in [1.82, 2.24) is 10.2 Å². The number of thioether (sulfide) groups is 1. The van der Waals surface area contributed by atoms with Crippen molar-refractivity contribution in [2.75, 3.05) is 19.3 Å². The van der Waals surface area contributed by atoms with Gasteiger partial charge < -0.3 is 10.2 Å². The van der Waals surface area contributed by atoms with E-state index in [1.165, 1.54) is 24.1 Å². The molecule has 6 heteroatoms. The zero-order valence-electron chi connectivity index (χ0n) is 11.8. The van der Waals surface area contributed by atoms with E-state index in [0.717, 1.165) is 28.7 Å². The summed E-state index contributed by atoms with van der Waals surface area (Å²) in [5.41, 5.74) is 0.803. The Kier molecular flexibility index (Phi) is 5.01. The highest BCUT2D eigenvalue weighted by atomic mass is 32.2. The van der Waals surface area contributed by atoms with Gasteiger partial charge in [0.25, 0.3) is 0 Å². The van der Waals surface area contributed by atoms with Crippen LogP contribution in [0, 0.1) is 5.82 Å². The number of carbonyl (C=O) groups excluding carboxylic acids is 2. The molecule has 1 aromatic rings. The van der Waals surface area contributed by atoms with Gasteiger partial charge in [-0.15, -0.1) is 11.8 Å². The van der Waals surface area contributed by atoms with Gasteiger partial charge in [-0.1, -0.05) is 6.58 Å². The third kappa shape index (κ3) is 3.85. The van der Waals surface area contributed by atoms with Crippen LogP contribution in [0.1, 0.15) is 18.0 Å². The summed E-state index contributed by atoms with van der Waals surface area (Å²) < 4.78 is 13.4. The predicted octanol–water partition coefficient (Wildman–Crippen LogP) is 2.12. The molecule has 0 aliphatic carbocycles. The average molecular weight is 308 g/mol. The molecule has 1 heterocycles. The van der Waals surface area contributed by atoms with E-state index in [-0.39, 0.29) is 30.2 Å². The van der Waals surface area contributed by atoms with Crippen molar-refractivity contribution >= 4 is 23.6 Å². The molecule has 0 spiro atoms. The summed E-state index contributed by atoms with van der Waals surface area (Å²) in [6.45, 7) is 3.33. The number of benzene rings is 1. The molecule has 1 N–H and O–H groups in total. The number of nitrogens with zero attached hydrogens (tertiary/aromatic N) is 1. The first-order valence-electron chi connectivity index (χ1n) is 6.60. The molecule has 0 saturated heterocycles. The minimum atomic E-state index is -0.311. The summed E-state index contributed by atoms with van der Waals surface area (Å²) in [4.78, 5) is 25.6. The van der Waals surface area contributed by atoms with E-state index >= 15 is 0 Å². The van der Waals surface area contributed by atoms with Gasteiger partial charge in [0.15, 0.2) is 0 Å². The fraction of sp³-hybridized carbons (Fsp3) is 0.333. The fourth-order valence-corrected chi connectivity index (χ4v) is 3.31. The maximum atomic E-state index is 13.4. The zero-order chi connectivity index (χ0) is 15.4. The number of amides is 2. The van der Waals surface area contributed by atoms with Crippen molar-refractivity contribution in [3.63, 3.8) is 0 Å². The van der Waals surface area contributed by atoms with Crippen LogP contribution in [-0.4, -0.2) is 36.1 Å². The van der Waals surface area contributed by atoms with E-state index < -0.39 is 0 Å². The number of hydrogen-bond donors (Lipinski definition) is 1. The Labute approximate surface area is 127 Å². The van der Waals surface area contributed by atoms with Crippen LogP contribution in [0.3, 0.4) is 0 Å². The van der Waals surface area contributed by atoms with Crippen molar-refractivity contribution in [3.8, 4) is 0 Å². The van der Waals surface area contributed by atoms with Gasteiger partial charge in [-0.3, -0.25) is 9.59 Å². The third-order valence-corrected chi connectivity index (χ3v) is 4.40. The molecule has 1 unspecified atom stereocenters. The van der Waals surface area contributed by atoms with Crippen LogP contribution >= 0.6 is 11.8 Å². The molecule has 1 aliphatic heterocycles. The molecule has 1 aromatic carbocycles. The van der Waals surface area contributed by atoms with Crippen molar-refractivity contribution in [1.29, 1.82) is 0 Å². The molecule has 1 atom stereocenters.